The number of hydrogen-bond donors (Lipinski definition) is 1. The molecule has 8 nitrogen and oxygen atoms in total. The molecule has 0 radical (unpaired) electrons. The molecule has 0 saturated heterocycles. The zero-order valence-corrected chi connectivity index (χ0v) is 22.5. The van der Waals surface area contributed by atoms with Gasteiger partial charge in [-0.05, 0) is 74.4 Å². The second kappa shape index (κ2) is 10.7. The van der Waals surface area contributed by atoms with E-state index in [1.807, 2.05) is 37.4 Å². The minimum absolute atomic E-state index is 0.0299. The lowest BCUT2D eigenvalue weighted by molar-refractivity contribution is 0.0695. The van der Waals surface area contributed by atoms with Crippen molar-refractivity contribution in [2.24, 2.45) is 5.92 Å². The maximum Gasteiger partial charge on any atom is 0.339 e. The maximum absolute atomic E-state index is 12.1. The highest BCUT2D eigenvalue weighted by Crippen LogP contribution is 2.55. The Balaban J connectivity index is 1.27. The van der Waals surface area contributed by atoms with Crippen LogP contribution in [0, 0.1) is 5.92 Å². The first kappa shape index (κ1) is 25.3. The lowest BCUT2D eigenvalue weighted by Crippen LogP contribution is -2.25. The first-order chi connectivity index (χ1) is 19.0. The molecule has 3 atom stereocenters. The van der Waals surface area contributed by atoms with Gasteiger partial charge in [0, 0.05) is 24.6 Å². The van der Waals surface area contributed by atoms with E-state index in [0.717, 1.165) is 41.2 Å². The number of nitrogens with zero attached hydrogens (tertiary/aromatic N) is 5. The third-order valence-electron chi connectivity index (χ3n) is 8.33. The van der Waals surface area contributed by atoms with Crippen molar-refractivity contribution in [2.75, 3.05) is 0 Å². The van der Waals surface area contributed by atoms with E-state index in [2.05, 4.69) is 46.6 Å². The molecular formula is C31H35N5O3. The third kappa shape index (κ3) is 5.20. The quantitative estimate of drug-likeness (QED) is 0.269. The van der Waals surface area contributed by atoms with Crippen LogP contribution in [0.4, 0.5) is 0 Å². The van der Waals surface area contributed by atoms with E-state index in [9.17, 15) is 9.90 Å². The zero-order chi connectivity index (χ0) is 26.9. The average Bonchev–Trinajstić information content (AvgIpc) is 3.38. The second-order valence-electron chi connectivity index (χ2n) is 10.9. The number of rotatable bonds is 9. The fraction of sp³-hybridized carbons (Fsp3) is 0.419. The van der Waals surface area contributed by atoms with Crippen molar-refractivity contribution < 1.29 is 14.6 Å². The Morgan fingerprint density at radius 3 is 2.59 bits per heavy atom. The van der Waals surface area contributed by atoms with E-state index >= 15 is 0 Å². The molecule has 8 heteroatoms. The van der Waals surface area contributed by atoms with Gasteiger partial charge in [-0.25, -0.2) is 9.48 Å². The molecule has 1 N–H and O–H groups in total. The molecule has 0 aliphatic heterocycles. The molecule has 0 unspecified atom stereocenters. The van der Waals surface area contributed by atoms with E-state index in [1.165, 1.54) is 38.3 Å². The first-order valence-corrected chi connectivity index (χ1v) is 14.1. The van der Waals surface area contributed by atoms with Crippen LogP contribution in [0.1, 0.15) is 86.0 Å². The molecule has 2 aliphatic rings. The maximum atomic E-state index is 12.1. The summed E-state index contributed by atoms with van der Waals surface area (Å²) in [4.78, 5) is 12.1. The number of carboxylic acid groups (broad SMARTS) is 1. The van der Waals surface area contributed by atoms with Gasteiger partial charge in [0.2, 0.25) is 0 Å². The lowest BCUT2D eigenvalue weighted by Gasteiger charge is -2.28. The summed E-state index contributed by atoms with van der Waals surface area (Å²) < 4.78 is 9.98. The fourth-order valence-electron chi connectivity index (χ4n) is 6.03. The topological polar surface area (TPSA) is 95.1 Å². The molecular weight excluding hydrogens is 490 g/mol. The standard InChI is InChI=1S/C31H35N5O3/c1-3-35-19-29(33-34-35)26-17-27(26)30-28(31(37)38)18-32-36(30)24-13-7-11-22(15-24)23-12-8-14-25(16-23)39-20(2)21-9-5-4-6-10-21/h7-8,11-16,18-21,26-27H,3-6,9-10,17H2,1-2H3,(H,37,38)/t20-,26+,27+/m0/s1. The molecule has 202 valence electrons. The van der Waals surface area contributed by atoms with Crippen molar-refractivity contribution in [1.29, 1.82) is 0 Å². The Hall–Kier alpha value is -3.94. The summed E-state index contributed by atoms with van der Waals surface area (Å²) in [7, 11) is 0. The summed E-state index contributed by atoms with van der Waals surface area (Å²) in [5.41, 5.74) is 4.77. The summed E-state index contributed by atoms with van der Waals surface area (Å²) in [6.07, 6.45) is 10.8. The van der Waals surface area contributed by atoms with Crippen molar-refractivity contribution in [2.45, 2.75) is 76.9 Å². The monoisotopic (exact) mass is 525 g/mol. The molecule has 0 amide bonds. The number of aromatic nitrogens is 5. The van der Waals surface area contributed by atoms with Crippen LogP contribution in [0.5, 0.6) is 5.75 Å². The summed E-state index contributed by atoms with van der Waals surface area (Å²) in [6, 6.07) is 16.3. The van der Waals surface area contributed by atoms with Gasteiger partial charge in [-0.15, -0.1) is 5.10 Å². The predicted octanol–water partition coefficient (Wildman–Crippen LogP) is 6.47. The van der Waals surface area contributed by atoms with Gasteiger partial charge in [0.05, 0.1) is 29.4 Å². The molecule has 0 bridgehead atoms. The third-order valence-corrected chi connectivity index (χ3v) is 8.33. The van der Waals surface area contributed by atoms with Gasteiger partial charge in [-0.2, -0.15) is 5.10 Å². The second-order valence-corrected chi connectivity index (χ2v) is 10.9. The highest BCUT2D eigenvalue weighted by Gasteiger charge is 2.46. The van der Waals surface area contributed by atoms with Crippen LogP contribution in [0.3, 0.4) is 0 Å². The highest BCUT2D eigenvalue weighted by molar-refractivity contribution is 5.89. The number of hydrogen-bond acceptors (Lipinski definition) is 5. The van der Waals surface area contributed by atoms with Crippen molar-refractivity contribution in [1.82, 2.24) is 24.8 Å². The number of aryl methyl sites for hydroxylation is 1. The molecule has 6 rings (SSSR count). The number of carboxylic acids is 1. The van der Waals surface area contributed by atoms with E-state index in [0.29, 0.717) is 11.6 Å². The molecule has 2 saturated carbocycles. The molecule has 2 fully saturated rings. The number of aromatic carboxylic acids is 1. The van der Waals surface area contributed by atoms with E-state index in [-0.39, 0.29) is 23.5 Å². The number of benzene rings is 2. The van der Waals surface area contributed by atoms with Crippen LogP contribution in [-0.4, -0.2) is 42.0 Å². The lowest BCUT2D eigenvalue weighted by atomic mass is 9.86. The smallest absolute Gasteiger partial charge is 0.339 e. The van der Waals surface area contributed by atoms with E-state index in [1.54, 1.807) is 9.36 Å². The summed E-state index contributed by atoms with van der Waals surface area (Å²) in [5.74, 6) is 0.700. The molecule has 2 aromatic heterocycles. The summed E-state index contributed by atoms with van der Waals surface area (Å²) in [6.45, 7) is 4.96. The van der Waals surface area contributed by atoms with Crippen LogP contribution in [-0.2, 0) is 6.54 Å². The van der Waals surface area contributed by atoms with Crippen molar-refractivity contribution in [3.05, 3.63) is 77.9 Å². The van der Waals surface area contributed by atoms with Gasteiger partial charge < -0.3 is 9.84 Å². The molecule has 2 aromatic carbocycles. The minimum atomic E-state index is -0.966. The Labute approximate surface area is 228 Å². The van der Waals surface area contributed by atoms with Gasteiger partial charge in [0.15, 0.2) is 0 Å². The van der Waals surface area contributed by atoms with Gasteiger partial charge in [0.25, 0.3) is 0 Å². The van der Waals surface area contributed by atoms with Crippen LogP contribution < -0.4 is 4.74 Å². The molecule has 2 aliphatic carbocycles. The fourth-order valence-corrected chi connectivity index (χ4v) is 6.03. The van der Waals surface area contributed by atoms with Crippen LogP contribution in [0.15, 0.2) is 60.9 Å². The SMILES string of the molecule is CCn1cc([C@@H]2C[C@H]2c2c(C(=O)O)cnn2-c2cccc(-c3cccc(O[C@@H](C)C4CCCCC4)c3)c2)nn1. The normalized spacial score (nSPS) is 20.1. The van der Waals surface area contributed by atoms with Crippen molar-refractivity contribution in [3.8, 4) is 22.6 Å². The highest BCUT2D eigenvalue weighted by atomic mass is 16.5. The van der Waals surface area contributed by atoms with Crippen LogP contribution in [0.2, 0.25) is 0 Å². The summed E-state index contributed by atoms with van der Waals surface area (Å²) in [5, 5.41) is 22.9. The van der Waals surface area contributed by atoms with Gasteiger partial charge >= 0.3 is 5.97 Å². The Kier molecular flexibility index (Phi) is 6.94. The van der Waals surface area contributed by atoms with Crippen molar-refractivity contribution >= 4 is 5.97 Å². The van der Waals surface area contributed by atoms with Gasteiger partial charge in [-0.1, -0.05) is 48.7 Å². The Bertz CT molecular complexity index is 1470. The minimum Gasteiger partial charge on any atom is -0.490 e. The number of ether oxygens (including phenoxy) is 1. The van der Waals surface area contributed by atoms with Crippen molar-refractivity contribution in [3.63, 3.8) is 0 Å². The van der Waals surface area contributed by atoms with Crippen LogP contribution >= 0.6 is 0 Å². The number of carbonyl (C=O) groups is 1. The average molecular weight is 526 g/mol. The molecule has 4 aromatic rings. The predicted molar refractivity (Wildman–Crippen MR) is 148 cm³/mol. The molecule has 0 spiro atoms. The Morgan fingerprint density at radius 1 is 1.08 bits per heavy atom. The Morgan fingerprint density at radius 2 is 1.85 bits per heavy atom. The van der Waals surface area contributed by atoms with Crippen LogP contribution in [0.25, 0.3) is 16.8 Å². The first-order valence-electron chi connectivity index (χ1n) is 14.1. The molecule has 2 heterocycles. The zero-order valence-electron chi connectivity index (χ0n) is 22.5. The van der Waals surface area contributed by atoms with E-state index < -0.39 is 5.97 Å². The largest absolute Gasteiger partial charge is 0.490 e. The molecule has 39 heavy (non-hydrogen) atoms. The van der Waals surface area contributed by atoms with Gasteiger partial charge in [0.1, 0.15) is 11.3 Å². The van der Waals surface area contributed by atoms with Gasteiger partial charge in [-0.3, -0.25) is 4.68 Å². The van der Waals surface area contributed by atoms with E-state index in [4.69, 9.17) is 4.74 Å². The summed E-state index contributed by atoms with van der Waals surface area (Å²) >= 11 is 0.